The SMILES string of the molecule is CCCCCCCCCCCCCCCCCCN(CCCCCCCCCCCCCCCCCC)C(=O)Cn1cnc2c(N)ncnc21. The number of hydrogen-bond acceptors (Lipinski definition) is 5. The zero-order chi connectivity index (χ0) is 35.7. The number of nitrogens with two attached hydrogens (primary N) is 1. The molecule has 7 nitrogen and oxygen atoms in total. The summed E-state index contributed by atoms with van der Waals surface area (Å²) < 4.78 is 1.82. The molecule has 2 heterocycles. The van der Waals surface area contributed by atoms with E-state index in [1.54, 1.807) is 6.33 Å². The maximum atomic E-state index is 13.5. The van der Waals surface area contributed by atoms with Crippen LogP contribution in [0.15, 0.2) is 12.7 Å². The third-order valence-electron chi connectivity index (χ3n) is 10.7. The Kier molecular flexibility index (Phi) is 27.8. The lowest BCUT2D eigenvalue weighted by molar-refractivity contribution is -0.132. The summed E-state index contributed by atoms with van der Waals surface area (Å²) in [5.74, 6) is 0.516. The number of carbonyl (C=O) groups excluding carboxylic acids is 1. The normalized spacial score (nSPS) is 11.6. The van der Waals surface area contributed by atoms with Crippen molar-refractivity contribution in [3.63, 3.8) is 0 Å². The van der Waals surface area contributed by atoms with Crippen molar-refractivity contribution in [1.29, 1.82) is 0 Å². The van der Waals surface area contributed by atoms with E-state index < -0.39 is 0 Å². The van der Waals surface area contributed by atoms with Crippen molar-refractivity contribution in [2.24, 2.45) is 0 Å². The third-order valence-corrected chi connectivity index (χ3v) is 10.7. The van der Waals surface area contributed by atoms with E-state index >= 15 is 0 Å². The molecule has 0 unspecified atom stereocenters. The zero-order valence-electron chi connectivity index (χ0n) is 33.1. The van der Waals surface area contributed by atoms with Crippen molar-refractivity contribution in [2.45, 2.75) is 226 Å². The lowest BCUT2D eigenvalue weighted by Gasteiger charge is -2.23. The summed E-state index contributed by atoms with van der Waals surface area (Å²) in [6, 6.07) is 0. The fourth-order valence-electron chi connectivity index (χ4n) is 7.32. The van der Waals surface area contributed by atoms with E-state index in [0.29, 0.717) is 17.0 Å². The quantitative estimate of drug-likeness (QED) is 0.0716. The van der Waals surface area contributed by atoms with Crippen LogP contribution in [-0.2, 0) is 11.3 Å². The van der Waals surface area contributed by atoms with Crippen LogP contribution < -0.4 is 5.73 Å². The number of nitrogens with zero attached hydrogens (tertiary/aromatic N) is 5. The highest BCUT2D eigenvalue weighted by Crippen LogP contribution is 2.18. The Morgan fingerprint density at radius 3 is 1.22 bits per heavy atom. The fraction of sp³-hybridized carbons (Fsp3) is 0.860. The van der Waals surface area contributed by atoms with Gasteiger partial charge in [0.15, 0.2) is 11.5 Å². The van der Waals surface area contributed by atoms with E-state index in [4.69, 9.17) is 5.73 Å². The molecule has 0 bridgehead atoms. The highest BCUT2D eigenvalue weighted by Gasteiger charge is 2.16. The Labute approximate surface area is 308 Å². The highest BCUT2D eigenvalue weighted by molar-refractivity contribution is 5.83. The number of fused-ring (bicyclic) bond motifs is 1. The van der Waals surface area contributed by atoms with Gasteiger partial charge in [-0.2, -0.15) is 0 Å². The van der Waals surface area contributed by atoms with Crippen molar-refractivity contribution in [2.75, 3.05) is 18.8 Å². The molecule has 0 aromatic carbocycles. The smallest absolute Gasteiger partial charge is 0.242 e. The Morgan fingerprint density at radius 1 is 0.520 bits per heavy atom. The number of aromatic nitrogens is 4. The van der Waals surface area contributed by atoms with Crippen LogP contribution >= 0.6 is 0 Å². The van der Waals surface area contributed by atoms with Gasteiger partial charge in [0.2, 0.25) is 5.91 Å². The first-order valence-electron chi connectivity index (χ1n) is 21.9. The standard InChI is InChI=1S/C43H80N6O/c1-3-5-7-9-11-13-15-17-19-21-23-25-27-29-31-33-35-48(40(50)37-49-39-47-41-42(44)45-38-46-43(41)49)36-34-32-30-28-26-24-22-20-18-16-14-12-10-8-6-4-2/h38-39H,3-37H2,1-2H3,(H2,44,45,46). The maximum Gasteiger partial charge on any atom is 0.242 e. The third kappa shape index (κ3) is 21.9. The molecule has 0 radical (unpaired) electrons. The predicted molar refractivity (Wildman–Crippen MR) is 215 cm³/mol. The summed E-state index contributed by atoms with van der Waals surface area (Å²) in [4.78, 5) is 28.4. The molecule has 1 amide bonds. The number of rotatable bonds is 36. The number of unbranched alkanes of at least 4 members (excludes halogenated alkanes) is 30. The molecule has 0 saturated carbocycles. The molecule has 2 N–H and O–H groups in total. The average Bonchev–Trinajstić information content (AvgIpc) is 3.53. The largest absolute Gasteiger partial charge is 0.382 e. The maximum absolute atomic E-state index is 13.5. The highest BCUT2D eigenvalue weighted by atomic mass is 16.2. The van der Waals surface area contributed by atoms with Crippen molar-refractivity contribution in [3.8, 4) is 0 Å². The lowest BCUT2D eigenvalue weighted by atomic mass is 10.0. The second-order valence-electron chi connectivity index (χ2n) is 15.3. The molecule has 0 fully saturated rings. The van der Waals surface area contributed by atoms with E-state index in [1.807, 2.05) is 4.57 Å². The van der Waals surface area contributed by atoms with E-state index in [0.717, 1.165) is 25.9 Å². The monoisotopic (exact) mass is 697 g/mol. The van der Waals surface area contributed by atoms with Crippen LogP contribution in [-0.4, -0.2) is 43.4 Å². The van der Waals surface area contributed by atoms with Gasteiger partial charge in [-0.3, -0.25) is 4.79 Å². The van der Waals surface area contributed by atoms with Gasteiger partial charge in [0.05, 0.1) is 6.33 Å². The average molecular weight is 697 g/mol. The molecule has 2 aromatic heterocycles. The van der Waals surface area contributed by atoms with Crippen molar-refractivity contribution >= 4 is 22.9 Å². The number of anilines is 1. The molecule has 0 aliphatic rings. The number of carbonyl (C=O) groups is 1. The van der Waals surface area contributed by atoms with Crippen LogP contribution in [0.2, 0.25) is 0 Å². The summed E-state index contributed by atoms with van der Waals surface area (Å²) in [5.41, 5.74) is 7.19. The second-order valence-corrected chi connectivity index (χ2v) is 15.3. The van der Waals surface area contributed by atoms with Crippen molar-refractivity contribution in [3.05, 3.63) is 12.7 Å². The van der Waals surface area contributed by atoms with Crippen LogP contribution in [0, 0.1) is 0 Å². The summed E-state index contributed by atoms with van der Waals surface area (Å²) in [6.45, 7) is 6.53. The van der Waals surface area contributed by atoms with Gasteiger partial charge in [0, 0.05) is 13.1 Å². The molecular weight excluding hydrogens is 617 g/mol. The van der Waals surface area contributed by atoms with Gasteiger partial charge in [-0.25, -0.2) is 15.0 Å². The van der Waals surface area contributed by atoms with Gasteiger partial charge in [0.25, 0.3) is 0 Å². The van der Waals surface area contributed by atoms with E-state index in [1.165, 1.54) is 199 Å². The topological polar surface area (TPSA) is 89.9 Å². The van der Waals surface area contributed by atoms with E-state index in [-0.39, 0.29) is 12.5 Å². The number of hydrogen-bond donors (Lipinski definition) is 1. The summed E-state index contributed by atoms with van der Waals surface area (Å²) in [7, 11) is 0. The van der Waals surface area contributed by atoms with Gasteiger partial charge in [0.1, 0.15) is 18.4 Å². The Bertz CT molecular complexity index is 1020. The summed E-state index contributed by atoms with van der Waals surface area (Å²) in [6.07, 6.45) is 46.7. The van der Waals surface area contributed by atoms with Crippen LogP contribution in [0.25, 0.3) is 11.2 Å². The zero-order valence-corrected chi connectivity index (χ0v) is 33.1. The first-order chi connectivity index (χ1) is 24.7. The Balaban J connectivity index is 1.58. The van der Waals surface area contributed by atoms with Crippen LogP contribution in [0.4, 0.5) is 5.82 Å². The fourth-order valence-corrected chi connectivity index (χ4v) is 7.32. The van der Waals surface area contributed by atoms with Gasteiger partial charge in [-0.1, -0.05) is 206 Å². The first kappa shape index (κ1) is 44.0. The number of nitrogen functional groups attached to an aromatic ring is 1. The number of amides is 1. The second kappa shape index (κ2) is 31.5. The molecule has 0 aliphatic carbocycles. The minimum absolute atomic E-state index is 0.156. The first-order valence-corrected chi connectivity index (χ1v) is 21.9. The molecule has 7 heteroatoms. The predicted octanol–water partition coefficient (Wildman–Crippen LogP) is 12.8. The molecule has 0 atom stereocenters. The van der Waals surface area contributed by atoms with E-state index in [9.17, 15) is 4.79 Å². The molecule has 0 aliphatic heterocycles. The Morgan fingerprint density at radius 2 is 0.860 bits per heavy atom. The minimum atomic E-state index is 0.156. The van der Waals surface area contributed by atoms with Crippen molar-refractivity contribution < 1.29 is 4.79 Å². The van der Waals surface area contributed by atoms with Gasteiger partial charge < -0.3 is 15.2 Å². The van der Waals surface area contributed by atoms with E-state index in [2.05, 4.69) is 33.7 Å². The van der Waals surface area contributed by atoms with Crippen molar-refractivity contribution in [1.82, 2.24) is 24.4 Å². The molecule has 2 rings (SSSR count). The molecular formula is C43H80N6O. The summed E-state index contributed by atoms with van der Waals surface area (Å²) >= 11 is 0. The lowest BCUT2D eigenvalue weighted by Crippen LogP contribution is -2.35. The van der Waals surface area contributed by atoms with Crippen LogP contribution in [0.5, 0.6) is 0 Å². The molecule has 50 heavy (non-hydrogen) atoms. The molecule has 0 saturated heterocycles. The van der Waals surface area contributed by atoms with Gasteiger partial charge in [-0.15, -0.1) is 0 Å². The Hall–Kier alpha value is -2.18. The molecule has 288 valence electrons. The number of imidazole rings is 1. The molecule has 2 aromatic rings. The van der Waals surface area contributed by atoms with Gasteiger partial charge >= 0.3 is 0 Å². The van der Waals surface area contributed by atoms with Gasteiger partial charge in [-0.05, 0) is 12.8 Å². The van der Waals surface area contributed by atoms with Crippen LogP contribution in [0.3, 0.4) is 0 Å². The molecule has 0 spiro atoms. The van der Waals surface area contributed by atoms with Crippen LogP contribution in [0.1, 0.15) is 219 Å². The minimum Gasteiger partial charge on any atom is -0.382 e. The summed E-state index contributed by atoms with van der Waals surface area (Å²) in [5, 5.41) is 0.